The van der Waals surface area contributed by atoms with Crippen molar-refractivity contribution >= 4 is 16.9 Å². The van der Waals surface area contributed by atoms with E-state index < -0.39 is 6.04 Å². The number of rotatable bonds is 8. The maximum atomic E-state index is 13.7. The largest absolute Gasteiger partial charge is 0.493 e. The summed E-state index contributed by atoms with van der Waals surface area (Å²) in [4.78, 5) is 29.0. The molecule has 0 aliphatic carbocycles. The molecular formula is C30H29NO5. The minimum atomic E-state index is -0.592. The molecule has 0 saturated heterocycles. The summed E-state index contributed by atoms with van der Waals surface area (Å²) in [6, 6.07) is 22.0. The number of para-hydroxylation sites is 1. The van der Waals surface area contributed by atoms with Crippen molar-refractivity contribution in [1.29, 1.82) is 0 Å². The van der Waals surface area contributed by atoms with E-state index in [-0.39, 0.29) is 17.1 Å². The second-order valence-corrected chi connectivity index (χ2v) is 9.42. The second kappa shape index (κ2) is 9.90. The predicted octanol–water partition coefficient (Wildman–Crippen LogP) is 5.62. The van der Waals surface area contributed by atoms with Gasteiger partial charge in [0, 0.05) is 6.54 Å². The Hall–Kier alpha value is -4.06. The average Bonchev–Trinajstić information content (AvgIpc) is 3.18. The van der Waals surface area contributed by atoms with E-state index in [2.05, 4.69) is 13.8 Å². The lowest BCUT2D eigenvalue weighted by Gasteiger charge is -2.26. The molecule has 4 aromatic rings. The molecule has 1 aromatic heterocycles. The first-order valence-electron chi connectivity index (χ1n) is 12.2. The third-order valence-corrected chi connectivity index (χ3v) is 6.43. The highest BCUT2D eigenvalue weighted by atomic mass is 16.5. The van der Waals surface area contributed by atoms with Crippen LogP contribution in [0.1, 0.15) is 47.1 Å². The van der Waals surface area contributed by atoms with Gasteiger partial charge in [-0.25, -0.2) is 0 Å². The number of fused-ring (bicyclic) bond motifs is 2. The minimum absolute atomic E-state index is 0.107. The number of carbonyl (C=O) groups excluding carboxylic acids is 1. The minimum Gasteiger partial charge on any atom is -0.493 e. The van der Waals surface area contributed by atoms with Crippen molar-refractivity contribution in [2.75, 3.05) is 20.3 Å². The first kappa shape index (κ1) is 23.7. The standard InChI is InChI=1S/C30H29NO5/c1-19(2)18-35-24-14-13-21(17-25(24)34-3)27-26-28(32)22-11-7-8-12-23(22)36-29(26)30(33)31(27)16-15-20-9-5-4-6-10-20/h4-14,17,19,27H,15-16,18H2,1-3H3/t27-/m0/s1. The molecule has 6 heteroatoms. The molecule has 1 atom stereocenters. The fraction of sp³-hybridized carbons (Fsp3) is 0.267. The van der Waals surface area contributed by atoms with E-state index in [1.807, 2.05) is 48.5 Å². The molecule has 36 heavy (non-hydrogen) atoms. The zero-order valence-corrected chi connectivity index (χ0v) is 20.7. The number of hydrogen-bond donors (Lipinski definition) is 0. The average molecular weight is 484 g/mol. The van der Waals surface area contributed by atoms with Gasteiger partial charge in [0.15, 0.2) is 16.9 Å². The summed E-state index contributed by atoms with van der Waals surface area (Å²) in [5, 5.41) is 0.461. The molecule has 0 unspecified atom stereocenters. The van der Waals surface area contributed by atoms with E-state index in [4.69, 9.17) is 13.9 Å². The molecule has 0 fully saturated rings. The summed E-state index contributed by atoms with van der Waals surface area (Å²) in [6.45, 7) is 5.15. The van der Waals surface area contributed by atoms with Gasteiger partial charge in [0.1, 0.15) is 5.58 Å². The highest BCUT2D eigenvalue weighted by Crippen LogP contribution is 2.41. The highest BCUT2D eigenvalue weighted by molar-refractivity contribution is 5.99. The lowest BCUT2D eigenvalue weighted by atomic mass is 9.97. The zero-order valence-electron chi connectivity index (χ0n) is 20.7. The first-order valence-corrected chi connectivity index (χ1v) is 12.2. The summed E-state index contributed by atoms with van der Waals surface area (Å²) in [5.74, 6) is 1.37. The van der Waals surface area contributed by atoms with E-state index in [0.29, 0.717) is 53.5 Å². The van der Waals surface area contributed by atoms with Gasteiger partial charge in [0.2, 0.25) is 5.76 Å². The van der Waals surface area contributed by atoms with Crippen LogP contribution in [0.2, 0.25) is 0 Å². The molecule has 1 aliphatic heterocycles. The van der Waals surface area contributed by atoms with Crippen molar-refractivity contribution in [3.63, 3.8) is 0 Å². The molecular weight excluding hydrogens is 454 g/mol. The number of benzene rings is 3. The number of hydrogen-bond acceptors (Lipinski definition) is 5. The first-order chi connectivity index (χ1) is 17.5. The summed E-state index contributed by atoms with van der Waals surface area (Å²) in [5.41, 5.74) is 2.47. The number of ether oxygens (including phenoxy) is 2. The Labute approximate surface area is 210 Å². The topological polar surface area (TPSA) is 69.0 Å². The zero-order chi connectivity index (χ0) is 25.2. The molecule has 0 saturated carbocycles. The van der Waals surface area contributed by atoms with E-state index >= 15 is 0 Å². The molecule has 0 bridgehead atoms. The fourth-order valence-electron chi connectivity index (χ4n) is 4.67. The van der Waals surface area contributed by atoms with E-state index in [9.17, 15) is 9.59 Å². The van der Waals surface area contributed by atoms with Crippen LogP contribution in [0.3, 0.4) is 0 Å². The Balaban J connectivity index is 1.61. The van der Waals surface area contributed by atoms with Crippen LogP contribution in [0.4, 0.5) is 0 Å². The van der Waals surface area contributed by atoms with E-state index in [1.165, 1.54) is 0 Å². The summed E-state index contributed by atoms with van der Waals surface area (Å²) < 4.78 is 17.6. The van der Waals surface area contributed by atoms with Gasteiger partial charge in [0.05, 0.1) is 30.7 Å². The van der Waals surface area contributed by atoms with Gasteiger partial charge < -0.3 is 18.8 Å². The van der Waals surface area contributed by atoms with Crippen LogP contribution in [-0.2, 0) is 6.42 Å². The van der Waals surface area contributed by atoms with Crippen molar-refractivity contribution in [3.05, 3.63) is 105 Å². The van der Waals surface area contributed by atoms with Gasteiger partial charge in [-0.05, 0) is 47.7 Å². The number of amides is 1. The molecule has 0 radical (unpaired) electrons. The lowest BCUT2D eigenvalue weighted by Crippen LogP contribution is -2.31. The quantitative estimate of drug-likeness (QED) is 0.325. The van der Waals surface area contributed by atoms with Crippen molar-refractivity contribution in [1.82, 2.24) is 4.90 Å². The number of carbonyl (C=O) groups is 1. The number of nitrogens with zero attached hydrogens (tertiary/aromatic N) is 1. The van der Waals surface area contributed by atoms with Crippen LogP contribution in [0.5, 0.6) is 11.5 Å². The summed E-state index contributed by atoms with van der Waals surface area (Å²) in [7, 11) is 1.59. The number of methoxy groups -OCH3 is 1. The Bertz CT molecular complexity index is 1460. The van der Waals surface area contributed by atoms with E-state index in [0.717, 1.165) is 11.1 Å². The van der Waals surface area contributed by atoms with Gasteiger partial charge in [-0.1, -0.05) is 62.4 Å². The van der Waals surface area contributed by atoms with Gasteiger partial charge in [-0.2, -0.15) is 0 Å². The molecule has 0 N–H and O–H groups in total. The Morgan fingerprint density at radius 2 is 1.69 bits per heavy atom. The third-order valence-electron chi connectivity index (χ3n) is 6.43. The molecule has 1 amide bonds. The summed E-state index contributed by atoms with van der Waals surface area (Å²) in [6.07, 6.45) is 0.650. The van der Waals surface area contributed by atoms with Gasteiger partial charge >= 0.3 is 0 Å². The third kappa shape index (κ3) is 4.35. The van der Waals surface area contributed by atoms with Crippen LogP contribution in [0.15, 0.2) is 82.0 Å². The second-order valence-electron chi connectivity index (χ2n) is 9.42. The van der Waals surface area contributed by atoms with Crippen molar-refractivity contribution in [2.24, 2.45) is 5.92 Å². The van der Waals surface area contributed by atoms with Crippen LogP contribution in [-0.4, -0.2) is 31.1 Å². The Morgan fingerprint density at radius 1 is 0.944 bits per heavy atom. The molecule has 3 aromatic carbocycles. The monoisotopic (exact) mass is 483 g/mol. The smallest absolute Gasteiger partial charge is 0.290 e. The maximum Gasteiger partial charge on any atom is 0.290 e. The Kier molecular flexibility index (Phi) is 6.51. The van der Waals surface area contributed by atoms with Crippen LogP contribution in [0.25, 0.3) is 11.0 Å². The van der Waals surface area contributed by atoms with Crippen molar-refractivity contribution in [2.45, 2.75) is 26.3 Å². The lowest BCUT2D eigenvalue weighted by molar-refractivity contribution is 0.0730. The van der Waals surface area contributed by atoms with Gasteiger partial charge in [-0.3, -0.25) is 9.59 Å². The molecule has 0 spiro atoms. The van der Waals surface area contributed by atoms with Crippen molar-refractivity contribution in [3.8, 4) is 11.5 Å². The molecule has 6 nitrogen and oxygen atoms in total. The fourth-order valence-corrected chi connectivity index (χ4v) is 4.67. The van der Waals surface area contributed by atoms with Gasteiger partial charge in [0.25, 0.3) is 5.91 Å². The van der Waals surface area contributed by atoms with Crippen LogP contribution in [0, 0.1) is 5.92 Å². The SMILES string of the molecule is COc1cc([C@H]2c3c(oc4ccccc4c3=O)C(=O)N2CCc2ccccc2)ccc1OCC(C)C. The predicted molar refractivity (Wildman–Crippen MR) is 139 cm³/mol. The maximum absolute atomic E-state index is 13.7. The molecule has 5 rings (SSSR count). The van der Waals surface area contributed by atoms with Gasteiger partial charge in [-0.15, -0.1) is 0 Å². The van der Waals surface area contributed by atoms with Crippen LogP contribution >= 0.6 is 0 Å². The van der Waals surface area contributed by atoms with Crippen molar-refractivity contribution < 1.29 is 18.7 Å². The molecule has 1 aliphatic rings. The van der Waals surface area contributed by atoms with Crippen LogP contribution < -0.4 is 14.9 Å². The molecule has 2 heterocycles. The van der Waals surface area contributed by atoms with E-state index in [1.54, 1.807) is 36.3 Å². The summed E-state index contributed by atoms with van der Waals surface area (Å²) >= 11 is 0. The molecule has 184 valence electrons. The normalized spacial score (nSPS) is 14.9. The Morgan fingerprint density at radius 3 is 2.44 bits per heavy atom. The highest BCUT2D eigenvalue weighted by Gasteiger charge is 2.42.